The predicted molar refractivity (Wildman–Crippen MR) is 47.3 cm³/mol. The van der Waals surface area contributed by atoms with Crippen LogP contribution in [0.1, 0.15) is 46.5 Å². The standard InChI is InChI=1S/C9H21N/c1-4-6-7-8-9(3)10-5-2/h9-10H,4-8H2,1-3H3/t9-/m1/s1. The van der Waals surface area contributed by atoms with E-state index in [0.717, 1.165) is 12.6 Å². The third kappa shape index (κ3) is 6.09. The van der Waals surface area contributed by atoms with Gasteiger partial charge >= 0.3 is 0 Å². The quantitative estimate of drug-likeness (QED) is 0.563. The fraction of sp³-hybridized carbons (Fsp3) is 1.00. The second-order valence-corrected chi connectivity index (χ2v) is 2.95. The lowest BCUT2D eigenvalue weighted by molar-refractivity contribution is 0.500. The lowest BCUT2D eigenvalue weighted by Gasteiger charge is -2.10. The molecule has 0 bridgehead atoms. The minimum Gasteiger partial charge on any atom is -0.315 e. The average Bonchev–Trinajstić information content (AvgIpc) is 1.89. The number of rotatable bonds is 6. The van der Waals surface area contributed by atoms with Gasteiger partial charge in [0.25, 0.3) is 0 Å². The number of hydrogen-bond donors (Lipinski definition) is 1. The number of unbranched alkanes of at least 4 members (excludes halogenated alkanes) is 2. The summed E-state index contributed by atoms with van der Waals surface area (Å²) >= 11 is 0. The van der Waals surface area contributed by atoms with Crippen molar-refractivity contribution >= 4 is 0 Å². The molecule has 1 nitrogen and oxygen atoms in total. The number of hydrogen-bond acceptors (Lipinski definition) is 1. The summed E-state index contributed by atoms with van der Waals surface area (Å²) in [6, 6.07) is 0.719. The smallest absolute Gasteiger partial charge is 0.00386 e. The second kappa shape index (κ2) is 7.07. The third-order valence-corrected chi connectivity index (χ3v) is 1.79. The summed E-state index contributed by atoms with van der Waals surface area (Å²) in [4.78, 5) is 0. The zero-order valence-electron chi connectivity index (χ0n) is 7.61. The lowest BCUT2D eigenvalue weighted by Crippen LogP contribution is -2.25. The highest BCUT2D eigenvalue weighted by Crippen LogP contribution is 2.01. The topological polar surface area (TPSA) is 12.0 Å². The molecule has 0 saturated carbocycles. The molecule has 0 heterocycles. The molecule has 0 radical (unpaired) electrons. The van der Waals surface area contributed by atoms with Crippen molar-refractivity contribution in [3.8, 4) is 0 Å². The van der Waals surface area contributed by atoms with Crippen LogP contribution < -0.4 is 5.32 Å². The molecule has 0 unspecified atom stereocenters. The summed E-state index contributed by atoms with van der Waals surface area (Å²) in [5.74, 6) is 0. The Labute approximate surface area is 65.2 Å². The van der Waals surface area contributed by atoms with Gasteiger partial charge in [0.2, 0.25) is 0 Å². The van der Waals surface area contributed by atoms with Crippen LogP contribution in [-0.2, 0) is 0 Å². The Kier molecular flexibility index (Phi) is 7.04. The van der Waals surface area contributed by atoms with Crippen LogP contribution >= 0.6 is 0 Å². The van der Waals surface area contributed by atoms with Crippen LogP contribution in [0.25, 0.3) is 0 Å². The van der Waals surface area contributed by atoms with Crippen LogP contribution in [0, 0.1) is 0 Å². The molecule has 0 aromatic carbocycles. The van der Waals surface area contributed by atoms with Crippen LogP contribution in [0.3, 0.4) is 0 Å². The third-order valence-electron chi connectivity index (χ3n) is 1.79. The molecule has 0 amide bonds. The molecule has 1 atom stereocenters. The Morgan fingerprint density at radius 2 is 1.90 bits per heavy atom. The van der Waals surface area contributed by atoms with Crippen molar-refractivity contribution in [1.82, 2.24) is 5.32 Å². The maximum atomic E-state index is 3.40. The minimum absolute atomic E-state index is 0.719. The van der Waals surface area contributed by atoms with E-state index in [0.29, 0.717) is 0 Å². The molecular formula is C9H21N. The average molecular weight is 143 g/mol. The van der Waals surface area contributed by atoms with Gasteiger partial charge in [-0.15, -0.1) is 0 Å². The Morgan fingerprint density at radius 3 is 2.40 bits per heavy atom. The molecule has 0 aliphatic heterocycles. The monoisotopic (exact) mass is 143 g/mol. The zero-order valence-corrected chi connectivity index (χ0v) is 7.61. The molecule has 0 aliphatic carbocycles. The molecule has 0 aromatic rings. The Hall–Kier alpha value is -0.0400. The highest BCUT2D eigenvalue weighted by molar-refractivity contribution is 4.57. The summed E-state index contributed by atoms with van der Waals surface area (Å²) in [5.41, 5.74) is 0. The second-order valence-electron chi connectivity index (χ2n) is 2.95. The van der Waals surface area contributed by atoms with E-state index in [2.05, 4.69) is 26.1 Å². The SMILES string of the molecule is CCCCC[C@@H](C)NCC. The van der Waals surface area contributed by atoms with E-state index < -0.39 is 0 Å². The van der Waals surface area contributed by atoms with Crippen LogP contribution in [0.15, 0.2) is 0 Å². The fourth-order valence-electron chi connectivity index (χ4n) is 1.15. The van der Waals surface area contributed by atoms with Gasteiger partial charge in [-0.3, -0.25) is 0 Å². The molecule has 0 aliphatic rings. The fourth-order valence-corrected chi connectivity index (χ4v) is 1.15. The van der Waals surface area contributed by atoms with Gasteiger partial charge in [0.1, 0.15) is 0 Å². The van der Waals surface area contributed by atoms with E-state index in [1.165, 1.54) is 25.7 Å². The molecule has 0 fully saturated rings. The number of nitrogens with one attached hydrogen (secondary N) is 1. The highest BCUT2D eigenvalue weighted by atomic mass is 14.9. The lowest BCUT2D eigenvalue weighted by atomic mass is 10.1. The van der Waals surface area contributed by atoms with Gasteiger partial charge in [0.15, 0.2) is 0 Å². The summed E-state index contributed by atoms with van der Waals surface area (Å²) in [6.07, 6.45) is 5.43. The first-order valence-electron chi connectivity index (χ1n) is 4.54. The van der Waals surface area contributed by atoms with E-state index in [9.17, 15) is 0 Å². The molecule has 0 aromatic heterocycles. The van der Waals surface area contributed by atoms with Gasteiger partial charge in [-0.2, -0.15) is 0 Å². The van der Waals surface area contributed by atoms with Crippen molar-refractivity contribution < 1.29 is 0 Å². The van der Waals surface area contributed by atoms with Gasteiger partial charge in [-0.05, 0) is 19.9 Å². The molecule has 1 N–H and O–H groups in total. The van der Waals surface area contributed by atoms with Crippen LogP contribution in [0.4, 0.5) is 0 Å². The van der Waals surface area contributed by atoms with Crippen molar-refractivity contribution in [2.75, 3.05) is 6.54 Å². The van der Waals surface area contributed by atoms with Gasteiger partial charge in [0.05, 0.1) is 0 Å². The summed E-state index contributed by atoms with van der Waals surface area (Å²) in [6.45, 7) is 7.78. The van der Waals surface area contributed by atoms with Crippen molar-refractivity contribution in [1.29, 1.82) is 0 Å². The largest absolute Gasteiger partial charge is 0.315 e. The normalized spacial score (nSPS) is 13.5. The van der Waals surface area contributed by atoms with Gasteiger partial charge in [0, 0.05) is 6.04 Å². The van der Waals surface area contributed by atoms with E-state index in [1.807, 2.05) is 0 Å². The van der Waals surface area contributed by atoms with Crippen molar-refractivity contribution in [2.24, 2.45) is 0 Å². The van der Waals surface area contributed by atoms with E-state index >= 15 is 0 Å². The van der Waals surface area contributed by atoms with Gasteiger partial charge in [-0.1, -0.05) is 33.1 Å². The first-order chi connectivity index (χ1) is 4.81. The van der Waals surface area contributed by atoms with Crippen LogP contribution in [0.2, 0.25) is 0 Å². The van der Waals surface area contributed by atoms with E-state index in [4.69, 9.17) is 0 Å². The molecule has 0 rings (SSSR count). The summed E-state index contributed by atoms with van der Waals surface area (Å²) in [7, 11) is 0. The van der Waals surface area contributed by atoms with Crippen molar-refractivity contribution in [3.63, 3.8) is 0 Å². The van der Waals surface area contributed by atoms with Crippen LogP contribution in [0.5, 0.6) is 0 Å². The molecule has 10 heavy (non-hydrogen) atoms. The predicted octanol–water partition coefficient (Wildman–Crippen LogP) is 2.56. The molecule has 62 valence electrons. The first kappa shape index (κ1) is 9.96. The molecule has 1 heteroatoms. The zero-order chi connectivity index (χ0) is 7.82. The molecule has 0 saturated heterocycles. The maximum absolute atomic E-state index is 3.40. The molecule has 0 spiro atoms. The van der Waals surface area contributed by atoms with E-state index in [1.54, 1.807) is 0 Å². The Balaban J connectivity index is 2.97. The summed E-state index contributed by atoms with van der Waals surface area (Å²) in [5, 5.41) is 3.40. The van der Waals surface area contributed by atoms with Gasteiger partial charge in [-0.25, -0.2) is 0 Å². The minimum atomic E-state index is 0.719. The van der Waals surface area contributed by atoms with Crippen molar-refractivity contribution in [2.45, 2.75) is 52.5 Å². The first-order valence-corrected chi connectivity index (χ1v) is 4.54. The van der Waals surface area contributed by atoms with Crippen LogP contribution in [-0.4, -0.2) is 12.6 Å². The highest BCUT2D eigenvalue weighted by Gasteiger charge is 1.96. The Bertz CT molecular complexity index is 61.7. The molecular weight excluding hydrogens is 122 g/mol. The maximum Gasteiger partial charge on any atom is 0.00386 e. The van der Waals surface area contributed by atoms with Gasteiger partial charge < -0.3 is 5.32 Å². The van der Waals surface area contributed by atoms with E-state index in [-0.39, 0.29) is 0 Å². The summed E-state index contributed by atoms with van der Waals surface area (Å²) < 4.78 is 0. The van der Waals surface area contributed by atoms with Crippen molar-refractivity contribution in [3.05, 3.63) is 0 Å². The Morgan fingerprint density at radius 1 is 1.20 bits per heavy atom.